The molecule has 1 aliphatic heterocycles. The van der Waals surface area contributed by atoms with Crippen LogP contribution in [0.2, 0.25) is 0 Å². The highest BCUT2D eigenvalue weighted by molar-refractivity contribution is 6.07. The molecule has 2 heterocycles. The minimum Gasteiger partial charge on any atom is -0.340 e. The Balaban J connectivity index is 1.14. The first-order chi connectivity index (χ1) is 14.4. The summed E-state index contributed by atoms with van der Waals surface area (Å²) in [5.41, 5.74) is 2.77. The third-order valence-corrected chi connectivity index (χ3v) is 7.28. The minimum atomic E-state index is 0.890. The Kier molecular flexibility index (Phi) is 5.87. The van der Waals surface area contributed by atoms with E-state index in [2.05, 4.69) is 62.9 Å². The van der Waals surface area contributed by atoms with Gasteiger partial charge in [0, 0.05) is 60.6 Å². The molecule has 2 aromatic carbocycles. The summed E-state index contributed by atoms with van der Waals surface area (Å²) in [6.07, 6.45) is 9.80. The molecule has 0 unspecified atom stereocenters. The maximum absolute atomic E-state index is 2.79. The van der Waals surface area contributed by atoms with Gasteiger partial charge in [-0.15, -0.1) is 0 Å². The first-order valence-corrected chi connectivity index (χ1v) is 11.8. The number of benzene rings is 2. The molecule has 0 atom stereocenters. The largest absolute Gasteiger partial charge is 0.340 e. The van der Waals surface area contributed by atoms with Gasteiger partial charge < -0.3 is 9.47 Å². The number of unbranched alkanes of at least 4 members (excludes halogenated alkanes) is 1. The van der Waals surface area contributed by atoms with Crippen molar-refractivity contribution in [3.8, 4) is 0 Å². The first-order valence-electron chi connectivity index (χ1n) is 11.8. The van der Waals surface area contributed by atoms with Crippen molar-refractivity contribution < 1.29 is 0 Å². The summed E-state index contributed by atoms with van der Waals surface area (Å²) in [4.78, 5) is 5.49. The second kappa shape index (κ2) is 8.89. The van der Waals surface area contributed by atoms with Gasteiger partial charge in [0.15, 0.2) is 0 Å². The number of aromatic nitrogens is 1. The van der Waals surface area contributed by atoms with Crippen LogP contribution in [0, 0.1) is 0 Å². The van der Waals surface area contributed by atoms with E-state index in [0.29, 0.717) is 0 Å². The number of nitrogens with zero attached hydrogens (tertiary/aromatic N) is 3. The van der Waals surface area contributed by atoms with Gasteiger partial charge in [-0.2, -0.15) is 0 Å². The van der Waals surface area contributed by atoms with Crippen LogP contribution in [0.5, 0.6) is 0 Å². The topological polar surface area (TPSA) is 11.4 Å². The van der Waals surface area contributed by atoms with E-state index < -0.39 is 0 Å². The summed E-state index contributed by atoms with van der Waals surface area (Å²) < 4.78 is 2.53. The van der Waals surface area contributed by atoms with Crippen LogP contribution >= 0.6 is 0 Å². The molecule has 1 aliphatic carbocycles. The van der Waals surface area contributed by atoms with Crippen LogP contribution in [0.15, 0.2) is 48.5 Å². The average Bonchev–Trinajstić information content (AvgIpc) is 3.12. The third-order valence-electron chi connectivity index (χ3n) is 7.28. The maximum Gasteiger partial charge on any atom is 0.0491 e. The summed E-state index contributed by atoms with van der Waals surface area (Å²) in [7, 11) is 0. The van der Waals surface area contributed by atoms with Crippen LogP contribution in [0.1, 0.15) is 44.9 Å². The molecule has 0 spiro atoms. The molecule has 3 aromatic rings. The van der Waals surface area contributed by atoms with Gasteiger partial charge in [-0.1, -0.05) is 55.7 Å². The van der Waals surface area contributed by atoms with E-state index >= 15 is 0 Å². The first kappa shape index (κ1) is 19.1. The predicted molar refractivity (Wildman–Crippen MR) is 124 cm³/mol. The van der Waals surface area contributed by atoms with Crippen molar-refractivity contribution in [3.63, 3.8) is 0 Å². The van der Waals surface area contributed by atoms with Gasteiger partial charge in [0.2, 0.25) is 0 Å². The van der Waals surface area contributed by atoms with E-state index in [1.165, 1.54) is 99.5 Å². The van der Waals surface area contributed by atoms with Crippen molar-refractivity contribution in [1.29, 1.82) is 0 Å². The highest BCUT2D eigenvalue weighted by atomic mass is 15.3. The van der Waals surface area contributed by atoms with Crippen molar-refractivity contribution >= 4 is 21.8 Å². The van der Waals surface area contributed by atoms with Gasteiger partial charge >= 0.3 is 0 Å². The van der Waals surface area contributed by atoms with E-state index in [9.17, 15) is 0 Å². The van der Waals surface area contributed by atoms with Crippen LogP contribution < -0.4 is 0 Å². The number of fused-ring (bicyclic) bond motifs is 3. The van der Waals surface area contributed by atoms with Crippen LogP contribution in [0.4, 0.5) is 0 Å². The zero-order chi connectivity index (χ0) is 19.5. The number of aryl methyl sites for hydroxylation is 1. The summed E-state index contributed by atoms with van der Waals surface area (Å²) in [6.45, 7) is 7.50. The molecule has 5 rings (SSSR count). The monoisotopic (exact) mass is 389 g/mol. The van der Waals surface area contributed by atoms with Gasteiger partial charge in [0.05, 0.1) is 0 Å². The molecule has 0 bridgehead atoms. The smallest absolute Gasteiger partial charge is 0.0491 e. The molecule has 3 heteroatoms. The molecule has 29 heavy (non-hydrogen) atoms. The molecule has 2 fully saturated rings. The predicted octanol–water partition coefficient (Wildman–Crippen LogP) is 5.53. The Bertz CT molecular complexity index is 876. The Morgan fingerprint density at radius 3 is 1.90 bits per heavy atom. The average molecular weight is 390 g/mol. The van der Waals surface area contributed by atoms with Crippen molar-refractivity contribution in [1.82, 2.24) is 14.4 Å². The Labute approximate surface area is 175 Å². The van der Waals surface area contributed by atoms with E-state index in [1.807, 2.05) is 0 Å². The lowest BCUT2D eigenvalue weighted by atomic mass is 9.94. The van der Waals surface area contributed by atoms with Crippen LogP contribution in [0.25, 0.3) is 21.8 Å². The summed E-state index contributed by atoms with van der Waals surface area (Å²) >= 11 is 0. The number of hydrogen-bond acceptors (Lipinski definition) is 2. The standard InChI is InChI=1S/C26H35N3/c1-2-10-22(11-3-1)28-20-18-27(19-21-28)16-8-9-17-29-25-14-6-4-12-23(25)24-13-5-7-15-26(24)29/h4-7,12-15,22H,1-3,8-11,16-21H2. The van der Waals surface area contributed by atoms with E-state index in [4.69, 9.17) is 0 Å². The van der Waals surface area contributed by atoms with Gasteiger partial charge in [-0.05, 0) is 44.4 Å². The number of hydrogen-bond donors (Lipinski definition) is 0. The van der Waals surface area contributed by atoms with E-state index in [1.54, 1.807) is 0 Å². The lowest BCUT2D eigenvalue weighted by Gasteiger charge is -2.40. The molecule has 0 amide bonds. The molecule has 3 nitrogen and oxygen atoms in total. The second-order valence-corrected chi connectivity index (χ2v) is 9.06. The summed E-state index contributed by atoms with van der Waals surface area (Å²) in [6, 6.07) is 18.6. The maximum atomic E-state index is 2.79. The summed E-state index contributed by atoms with van der Waals surface area (Å²) in [5, 5.41) is 2.78. The van der Waals surface area contributed by atoms with Crippen LogP contribution in [-0.2, 0) is 6.54 Å². The van der Waals surface area contributed by atoms with Gasteiger partial charge in [-0.25, -0.2) is 0 Å². The van der Waals surface area contributed by atoms with Crippen molar-refractivity contribution in [3.05, 3.63) is 48.5 Å². The Morgan fingerprint density at radius 2 is 1.24 bits per heavy atom. The quantitative estimate of drug-likeness (QED) is 0.514. The highest BCUT2D eigenvalue weighted by Crippen LogP contribution is 2.29. The molecular weight excluding hydrogens is 354 g/mol. The number of rotatable bonds is 6. The molecule has 0 N–H and O–H groups in total. The van der Waals surface area contributed by atoms with Crippen LogP contribution in [0.3, 0.4) is 0 Å². The molecule has 0 radical (unpaired) electrons. The fraction of sp³-hybridized carbons (Fsp3) is 0.538. The SMILES string of the molecule is c1ccc2c(c1)c1ccccc1n2CCCCN1CCN(C2CCCCC2)CC1. The molecular formula is C26H35N3. The normalized spacial score (nSPS) is 20.0. The fourth-order valence-corrected chi connectivity index (χ4v) is 5.65. The van der Waals surface area contributed by atoms with Crippen molar-refractivity contribution in [2.24, 2.45) is 0 Å². The molecule has 1 saturated carbocycles. The second-order valence-electron chi connectivity index (χ2n) is 9.06. The van der Waals surface area contributed by atoms with Gasteiger partial charge in [0.25, 0.3) is 0 Å². The lowest BCUT2D eigenvalue weighted by molar-refractivity contribution is 0.0781. The van der Waals surface area contributed by atoms with E-state index in [0.717, 1.165) is 12.6 Å². The lowest BCUT2D eigenvalue weighted by Crippen LogP contribution is -2.50. The van der Waals surface area contributed by atoms with Crippen molar-refractivity contribution in [2.45, 2.75) is 57.5 Å². The molecule has 1 aromatic heterocycles. The Morgan fingerprint density at radius 1 is 0.655 bits per heavy atom. The number of para-hydroxylation sites is 2. The number of piperazine rings is 1. The van der Waals surface area contributed by atoms with Crippen molar-refractivity contribution in [2.75, 3.05) is 32.7 Å². The minimum absolute atomic E-state index is 0.890. The molecule has 154 valence electrons. The zero-order valence-corrected chi connectivity index (χ0v) is 17.7. The molecule has 2 aliphatic rings. The fourth-order valence-electron chi connectivity index (χ4n) is 5.65. The van der Waals surface area contributed by atoms with Gasteiger partial charge in [-0.3, -0.25) is 4.90 Å². The molecule has 1 saturated heterocycles. The Hall–Kier alpha value is -1.84. The third kappa shape index (κ3) is 4.08. The highest BCUT2D eigenvalue weighted by Gasteiger charge is 2.24. The van der Waals surface area contributed by atoms with E-state index in [-0.39, 0.29) is 0 Å². The summed E-state index contributed by atoms with van der Waals surface area (Å²) in [5.74, 6) is 0. The zero-order valence-electron chi connectivity index (χ0n) is 17.7. The van der Waals surface area contributed by atoms with Gasteiger partial charge in [0.1, 0.15) is 0 Å². The van der Waals surface area contributed by atoms with Crippen LogP contribution in [-0.4, -0.2) is 53.1 Å².